The second-order valence-corrected chi connectivity index (χ2v) is 26.5. The molecule has 0 saturated carbocycles. The molecule has 8 aromatic carbocycles. The number of aliphatic hydroxyl groups is 1. The van der Waals surface area contributed by atoms with Crippen LogP contribution < -0.4 is 32.3 Å². The summed E-state index contributed by atoms with van der Waals surface area (Å²) in [4.78, 5) is 125. The van der Waals surface area contributed by atoms with Crippen molar-refractivity contribution in [1.82, 2.24) is 0 Å². The molecule has 618 valence electrons. The van der Waals surface area contributed by atoms with Gasteiger partial charge in [-0.1, -0.05) is 236 Å². The van der Waals surface area contributed by atoms with Crippen molar-refractivity contribution in [1.29, 1.82) is 0 Å². The zero-order valence-electron chi connectivity index (χ0n) is 61.3. The van der Waals surface area contributed by atoms with Crippen molar-refractivity contribution in [3.63, 3.8) is 0 Å². The SMILES string of the molecule is C.C.C.C.C.C.C.C.C.CC(=O)C(=NCc1ccc(NC(=O)C(C)CC(C)c2ccccc2)cc1)C(=O)Nc1ccc(NC(=O)C(N=Nc2ccc(CC(=O)C(C)CC(C)c3ccccc3)cc2)=C(C)O)cc1.CC(=O)CC(=O)Nc1ccc(NC(=O)CC(C)=O)cc1.CC(CC(C)c1ccccc1)C(=O)Cc1ccc(N)cc1. The van der Waals surface area contributed by atoms with Crippen molar-refractivity contribution in [2.75, 3.05) is 32.3 Å². The highest BCUT2D eigenvalue weighted by atomic mass is 16.3. The van der Waals surface area contributed by atoms with Gasteiger partial charge >= 0.3 is 0 Å². The number of allylic oxidation sites excluding steroid dienone is 1. The van der Waals surface area contributed by atoms with Crippen LogP contribution in [0.1, 0.15) is 219 Å². The first kappa shape index (κ1) is 108. The number of amides is 5. The largest absolute Gasteiger partial charge is 0.510 e. The quantitative estimate of drug-likeness (QED) is 0.00517. The molecule has 0 aliphatic carbocycles. The van der Waals surface area contributed by atoms with Crippen LogP contribution in [0.15, 0.2) is 239 Å². The third-order valence-electron chi connectivity index (χ3n) is 17.1. The van der Waals surface area contributed by atoms with Crippen LogP contribution in [0.5, 0.6) is 0 Å². The molecule has 0 spiro atoms. The highest BCUT2D eigenvalue weighted by Gasteiger charge is 2.23. The Bertz CT molecular complexity index is 4280. The van der Waals surface area contributed by atoms with Crippen LogP contribution in [0.2, 0.25) is 0 Å². The summed E-state index contributed by atoms with van der Waals surface area (Å²) in [6, 6.07) is 64.7. The Balaban J connectivity index is -0.000000995. The number of rotatable bonds is 32. The molecule has 0 aliphatic heterocycles. The number of carbonyl (C=O) groups excluding carboxylic acids is 10. The van der Waals surface area contributed by atoms with Crippen molar-refractivity contribution in [3.8, 4) is 0 Å². The summed E-state index contributed by atoms with van der Waals surface area (Å²) in [5, 5.41) is 31.8. The normalized spacial score (nSPS) is 12.0. The third-order valence-corrected chi connectivity index (χ3v) is 17.1. The first-order valence-corrected chi connectivity index (χ1v) is 34.9. The maximum Gasteiger partial charge on any atom is 0.279 e. The van der Waals surface area contributed by atoms with Crippen LogP contribution in [0.4, 0.5) is 39.8 Å². The van der Waals surface area contributed by atoms with Crippen molar-refractivity contribution in [2.45, 2.75) is 205 Å². The fraction of sp³-hybridized carbons (Fsp3) is 0.351. The molecule has 0 aliphatic rings. The number of Topliss-reactive ketones (excluding diaryl/α,β-unsaturated/α-hetero) is 5. The molecule has 6 atom stereocenters. The molecule has 8 N–H and O–H groups in total. The molecule has 0 aromatic heterocycles. The van der Waals surface area contributed by atoms with Crippen molar-refractivity contribution < 1.29 is 53.1 Å². The third kappa shape index (κ3) is 38.3. The molecule has 0 radical (unpaired) electrons. The van der Waals surface area contributed by atoms with E-state index >= 15 is 0 Å². The number of aliphatic imine (C=N–C) groups is 1. The van der Waals surface area contributed by atoms with Gasteiger partial charge in [0.1, 0.15) is 28.9 Å². The van der Waals surface area contributed by atoms with E-state index in [1.807, 2.05) is 99.6 Å². The van der Waals surface area contributed by atoms with E-state index in [2.05, 4.69) is 99.0 Å². The summed E-state index contributed by atoms with van der Waals surface area (Å²) < 4.78 is 0. The lowest BCUT2D eigenvalue weighted by Crippen LogP contribution is -2.28. The van der Waals surface area contributed by atoms with E-state index in [0.29, 0.717) is 58.7 Å². The molecule has 8 aromatic rings. The van der Waals surface area contributed by atoms with E-state index in [9.17, 15) is 53.1 Å². The topological polar surface area (TPSA) is 314 Å². The molecule has 8 rings (SSSR count). The predicted molar refractivity (Wildman–Crippen MR) is 476 cm³/mol. The Morgan fingerprint density at radius 1 is 0.377 bits per heavy atom. The summed E-state index contributed by atoms with van der Waals surface area (Å²) in [6.07, 6.45) is 2.78. The average Bonchev–Trinajstić information content (AvgIpc) is 0.869. The van der Waals surface area contributed by atoms with Gasteiger partial charge < -0.3 is 37.4 Å². The number of azo groups is 1. The number of aliphatic hydroxyl groups excluding tert-OH is 1. The number of nitrogens with two attached hydrogens (primary N) is 1. The molecule has 0 fully saturated rings. The van der Waals surface area contributed by atoms with Gasteiger partial charge in [0.2, 0.25) is 17.7 Å². The van der Waals surface area contributed by atoms with E-state index in [1.165, 1.54) is 68.7 Å². The molecule has 114 heavy (non-hydrogen) atoms. The fourth-order valence-corrected chi connectivity index (χ4v) is 11.2. The van der Waals surface area contributed by atoms with E-state index < -0.39 is 17.6 Å². The van der Waals surface area contributed by atoms with Gasteiger partial charge in [-0.15, -0.1) is 5.11 Å². The fourth-order valence-electron chi connectivity index (χ4n) is 11.2. The average molecular weight is 1560 g/mol. The van der Waals surface area contributed by atoms with E-state index in [-0.39, 0.29) is 174 Å². The Labute approximate surface area is 681 Å². The van der Waals surface area contributed by atoms with Gasteiger partial charge in [0.05, 0.1) is 25.1 Å². The molecule has 20 nitrogen and oxygen atoms in total. The minimum absolute atomic E-state index is 0. The standard InChI is InChI=1S/C52H56N6O6.C19H23NO.C14H16N2O4.9CH4/c1-33(41-13-9-7-10-14-41)29-35(3)47(61)31-39-17-23-46(24-18-39)57-58-49(38(6)60)52(64)56-45-27-25-44(26-28-45)55-51(63)48(37(5)59)53-32-40-19-21-43(22-20-40)54-50(62)36(4)30-34(2)42-15-11-8-12-16-42;1-14(17-6-4-3-5-7-17)12-15(2)19(21)13-16-8-10-18(20)11-9-16;1-9(17)7-13(19)15-11-3-5-12(6-4-11)16-14(20)8-10(2)18;;;;;;;;;/h7-28,33-36,60H,29-32H2,1-6H3,(H,54,62)(H,55,63)(H,56,64);3-11,14-15H,12-13,20H2,1-2H3;3-6H,7-8H2,1-2H3,(H,15,19)(H,16,20);9*1H4. The van der Waals surface area contributed by atoms with Gasteiger partial charge in [0.15, 0.2) is 17.2 Å². The lowest BCUT2D eigenvalue weighted by atomic mass is 9.87. The number of hydrogen-bond donors (Lipinski definition) is 7. The summed E-state index contributed by atoms with van der Waals surface area (Å²) in [5.74, 6) is -2.46. The molecule has 5 amide bonds. The summed E-state index contributed by atoms with van der Waals surface area (Å²) in [6.45, 7) is 17.6. The molecule has 6 unspecified atom stereocenters. The summed E-state index contributed by atoms with van der Waals surface area (Å²) >= 11 is 0. The second-order valence-electron chi connectivity index (χ2n) is 26.5. The first-order chi connectivity index (χ1) is 50.1. The lowest BCUT2D eigenvalue weighted by molar-refractivity contribution is -0.125. The van der Waals surface area contributed by atoms with E-state index in [0.717, 1.165) is 35.2 Å². The van der Waals surface area contributed by atoms with Crippen molar-refractivity contribution in [3.05, 3.63) is 257 Å². The first-order valence-electron chi connectivity index (χ1n) is 34.9. The number of hydrogen-bond acceptors (Lipinski definition) is 15. The monoisotopic (exact) mass is 1560 g/mol. The van der Waals surface area contributed by atoms with Crippen LogP contribution >= 0.6 is 0 Å². The summed E-state index contributed by atoms with van der Waals surface area (Å²) in [5.41, 5.74) is 14.9. The highest BCUT2D eigenvalue weighted by molar-refractivity contribution is 6.67. The molecule has 0 bridgehead atoms. The number of anilines is 6. The Morgan fingerprint density at radius 2 is 0.693 bits per heavy atom. The van der Waals surface area contributed by atoms with E-state index in [1.54, 1.807) is 72.8 Å². The molecule has 0 heterocycles. The number of nitrogens with zero attached hydrogens (tertiary/aromatic N) is 3. The number of nitrogen functional groups attached to an aromatic ring is 1. The maximum atomic E-state index is 13.1. The molecular formula is C94H131N9O11. The number of nitrogens with one attached hydrogen (secondary N) is 5. The van der Waals surface area contributed by atoms with Crippen LogP contribution in [0.25, 0.3) is 0 Å². The minimum atomic E-state index is -0.717. The molecule has 20 heteroatoms. The highest BCUT2D eigenvalue weighted by Crippen LogP contribution is 2.29. The lowest BCUT2D eigenvalue weighted by Gasteiger charge is -2.17. The van der Waals surface area contributed by atoms with Crippen LogP contribution in [-0.2, 0) is 67.3 Å². The Kier molecular flexibility index (Phi) is 52.8. The molecule has 0 saturated heterocycles. The Hall–Kier alpha value is -11.9. The zero-order chi connectivity index (χ0) is 76.5. The van der Waals surface area contributed by atoms with Gasteiger partial charge in [-0.25, -0.2) is 0 Å². The smallest absolute Gasteiger partial charge is 0.279 e. The summed E-state index contributed by atoms with van der Waals surface area (Å²) in [7, 11) is 0. The molecular weight excluding hydrogens is 1430 g/mol. The van der Waals surface area contributed by atoms with Crippen molar-refractivity contribution >= 4 is 104 Å². The van der Waals surface area contributed by atoms with Gasteiger partial charge in [0, 0.05) is 71.6 Å². The zero-order valence-corrected chi connectivity index (χ0v) is 61.3. The van der Waals surface area contributed by atoms with Crippen LogP contribution in [-0.4, -0.2) is 69.3 Å². The van der Waals surface area contributed by atoms with E-state index in [4.69, 9.17) is 5.73 Å². The van der Waals surface area contributed by atoms with Crippen LogP contribution in [0, 0.1) is 17.8 Å². The van der Waals surface area contributed by atoms with Gasteiger partial charge in [-0.3, -0.25) is 52.9 Å². The van der Waals surface area contributed by atoms with Crippen LogP contribution in [0.3, 0.4) is 0 Å². The maximum absolute atomic E-state index is 13.1. The van der Waals surface area contributed by atoms with Gasteiger partial charge in [-0.05, 0) is 176 Å². The number of benzene rings is 8. The van der Waals surface area contributed by atoms with Crippen molar-refractivity contribution in [2.24, 2.45) is 33.0 Å². The Morgan fingerprint density at radius 3 is 1.04 bits per heavy atom. The number of carbonyl (C=O) groups is 10. The van der Waals surface area contributed by atoms with Gasteiger partial charge in [-0.2, -0.15) is 5.11 Å². The number of ketones is 5. The van der Waals surface area contributed by atoms with Gasteiger partial charge in [0.25, 0.3) is 11.8 Å². The minimum Gasteiger partial charge on any atom is -0.510 e. The predicted octanol–water partition coefficient (Wildman–Crippen LogP) is 22.5. The second kappa shape index (κ2) is 55.5.